The summed E-state index contributed by atoms with van der Waals surface area (Å²) in [5.41, 5.74) is 3.03. The molecule has 0 aliphatic rings. The van der Waals surface area contributed by atoms with Gasteiger partial charge >= 0.3 is 0 Å². The number of fused-ring (bicyclic) bond motifs is 1. The Morgan fingerprint density at radius 2 is 2.04 bits per heavy atom. The summed E-state index contributed by atoms with van der Waals surface area (Å²) in [6.07, 6.45) is 0.826. The molecule has 1 amide bonds. The van der Waals surface area contributed by atoms with Crippen molar-refractivity contribution in [3.63, 3.8) is 0 Å². The number of imidazole rings is 1. The van der Waals surface area contributed by atoms with Crippen LogP contribution < -0.4 is 10.1 Å². The van der Waals surface area contributed by atoms with Gasteiger partial charge in [0.15, 0.2) is 6.61 Å². The van der Waals surface area contributed by atoms with E-state index in [2.05, 4.69) is 20.9 Å². The van der Waals surface area contributed by atoms with Crippen LogP contribution in [0.4, 0.5) is 0 Å². The molecule has 1 aromatic heterocycles. The second kappa shape index (κ2) is 8.23. The van der Waals surface area contributed by atoms with Crippen molar-refractivity contribution in [2.45, 2.75) is 26.8 Å². The maximum atomic E-state index is 12.0. The number of ether oxygens (including phenoxy) is 1. The number of hydrogen-bond donors (Lipinski definition) is 1. The smallest absolute Gasteiger partial charge is 0.257 e. The summed E-state index contributed by atoms with van der Waals surface area (Å²) in [6.45, 7) is 5.30. The third kappa shape index (κ3) is 4.35. The Kier molecular flexibility index (Phi) is 5.78. The highest BCUT2D eigenvalue weighted by Gasteiger charge is 2.07. The van der Waals surface area contributed by atoms with Crippen LogP contribution >= 0.6 is 11.6 Å². The molecule has 0 aliphatic carbocycles. The van der Waals surface area contributed by atoms with Gasteiger partial charge in [0.25, 0.3) is 5.91 Å². The van der Waals surface area contributed by atoms with Crippen LogP contribution in [0.1, 0.15) is 17.8 Å². The summed E-state index contributed by atoms with van der Waals surface area (Å²) in [5, 5.41) is 3.54. The van der Waals surface area contributed by atoms with Gasteiger partial charge in [-0.2, -0.15) is 0 Å². The Morgan fingerprint density at radius 3 is 2.85 bits per heavy atom. The maximum absolute atomic E-state index is 12.0. The number of rotatable bonds is 7. The molecule has 0 spiro atoms. The number of benzene rings is 2. The molecule has 3 aromatic rings. The SMILES string of the molecule is Cc1cc(Cl)ccc1OCC(=O)NCCCn1c(C)nc2ccccc21. The molecule has 0 saturated heterocycles. The van der Waals surface area contributed by atoms with Crippen molar-refractivity contribution in [2.24, 2.45) is 0 Å². The van der Waals surface area contributed by atoms with Gasteiger partial charge in [0.2, 0.25) is 0 Å². The van der Waals surface area contributed by atoms with Crippen LogP contribution in [-0.2, 0) is 11.3 Å². The Labute approximate surface area is 157 Å². The fourth-order valence-electron chi connectivity index (χ4n) is 2.91. The molecule has 6 heteroatoms. The molecule has 0 radical (unpaired) electrons. The van der Waals surface area contributed by atoms with E-state index in [9.17, 15) is 4.79 Å². The van der Waals surface area contributed by atoms with Gasteiger partial charge in [-0.15, -0.1) is 0 Å². The van der Waals surface area contributed by atoms with Crippen LogP contribution in [0.3, 0.4) is 0 Å². The van der Waals surface area contributed by atoms with E-state index in [1.165, 1.54) is 0 Å². The van der Waals surface area contributed by atoms with Crippen LogP contribution in [0.25, 0.3) is 11.0 Å². The zero-order chi connectivity index (χ0) is 18.5. The van der Waals surface area contributed by atoms with Gasteiger partial charge in [-0.1, -0.05) is 23.7 Å². The second-order valence-corrected chi connectivity index (χ2v) is 6.64. The lowest BCUT2D eigenvalue weighted by Crippen LogP contribution is -2.30. The lowest BCUT2D eigenvalue weighted by molar-refractivity contribution is -0.123. The van der Waals surface area contributed by atoms with Gasteiger partial charge in [0, 0.05) is 18.1 Å². The van der Waals surface area contributed by atoms with Crippen molar-refractivity contribution in [1.82, 2.24) is 14.9 Å². The molecule has 3 rings (SSSR count). The van der Waals surface area contributed by atoms with E-state index in [0.717, 1.165) is 35.4 Å². The number of carbonyl (C=O) groups is 1. The summed E-state index contributed by atoms with van der Waals surface area (Å²) in [5.74, 6) is 1.52. The fourth-order valence-corrected chi connectivity index (χ4v) is 3.14. The van der Waals surface area contributed by atoms with Gasteiger partial charge in [0.05, 0.1) is 11.0 Å². The summed E-state index contributed by atoms with van der Waals surface area (Å²) in [7, 11) is 0. The Hall–Kier alpha value is -2.53. The van der Waals surface area contributed by atoms with Crippen LogP contribution in [0.15, 0.2) is 42.5 Å². The van der Waals surface area contributed by atoms with Crippen LogP contribution in [0, 0.1) is 13.8 Å². The third-order valence-electron chi connectivity index (χ3n) is 4.22. The standard InChI is InChI=1S/C20H22ClN3O2/c1-14-12-16(21)8-9-19(14)26-13-20(25)22-10-5-11-24-15(2)23-17-6-3-4-7-18(17)24/h3-4,6-9,12H,5,10-11,13H2,1-2H3,(H,22,25). The molecule has 0 fully saturated rings. The lowest BCUT2D eigenvalue weighted by Gasteiger charge is -2.10. The molecule has 0 unspecified atom stereocenters. The first kappa shape index (κ1) is 18.3. The number of nitrogens with one attached hydrogen (secondary N) is 1. The van der Waals surface area contributed by atoms with Gasteiger partial charge < -0.3 is 14.6 Å². The van der Waals surface area contributed by atoms with E-state index in [-0.39, 0.29) is 12.5 Å². The van der Waals surface area contributed by atoms with Crippen molar-refractivity contribution in [3.05, 3.63) is 58.9 Å². The molecule has 0 bridgehead atoms. The molecule has 5 nitrogen and oxygen atoms in total. The minimum Gasteiger partial charge on any atom is -0.484 e. The average molecular weight is 372 g/mol. The summed E-state index contributed by atoms with van der Waals surface area (Å²) in [6, 6.07) is 13.4. The molecule has 26 heavy (non-hydrogen) atoms. The van der Waals surface area contributed by atoms with E-state index in [4.69, 9.17) is 16.3 Å². The van der Waals surface area contributed by atoms with E-state index >= 15 is 0 Å². The third-order valence-corrected chi connectivity index (χ3v) is 4.46. The molecule has 1 N–H and O–H groups in total. The predicted molar refractivity (Wildman–Crippen MR) is 104 cm³/mol. The highest BCUT2D eigenvalue weighted by Crippen LogP contribution is 2.21. The molecule has 136 valence electrons. The molecule has 1 heterocycles. The van der Waals surface area contributed by atoms with E-state index in [1.54, 1.807) is 12.1 Å². The number of aromatic nitrogens is 2. The summed E-state index contributed by atoms with van der Waals surface area (Å²) in [4.78, 5) is 16.5. The minimum absolute atomic E-state index is 0.00446. The van der Waals surface area contributed by atoms with Gasteiger partial charge in [0.1, 0.15) is 11.6 Å². The normalized spacial score (nSPS) is 10.9. The average Bonchev–Trinajstić information content (AvgIpc) is 2.93. The van der Waals surface area contributed by atoms with Crippen molar-refractivity contribution in [2.75, 3.05) is 13.2 Å². The Bertz CT molecular complexity index is 921. The molecular weight excluding hydrogens is 350 g/mol. The van der Waals surface area contributed by atoms with Crippen molar-refractivity contribution < 1.29 is 9.53 Å². The monoisotopic (exact) mass is 371 g/mol. The molecule has 0 saturated carbocycles. The second-order valence-electron chi connectivity index (χ2n) is 6.20. The first-order chi connectivity index (χ1) is 12.5. The zero-order valence-corrected chi connectivity index (χ0v) is 15.7. The van der Waals surface area contributed by atoms with Gasteiger partial charge in [-0.05, 0) is 56.2 Å². The van der Waals surface area contributed by atoms with Crippen LogP contribution in [0.5, 0.6) is 5.75 Å². The summed E-state index contributed by atoms with van der Waals surface area (Å²) < 4.78 is 7.72. The topological polar surface area (TPSA) is 56.1 Å². The largest absolute Gasteiger partial charge is 0.484 e. The number of hydrogen-bond acceptors (Lipinski definition) is 3. The summed E-state index contributed by atoms with van der Waals surface area (Å²) >= 11 is 5.91. The van der Waals surface area contributed by atoms with Crippen LogP contribution in [0.2, 0.25) is 5.02 Å². The number of para-hydroxylation sites is 2. The van der Waals surface area contributed by atoms with Crippen molar-refractivity contribution >= 4 is 28.5 Å². The number of amides is 1. The van der Waals surface area contributed by atoms with Crippen molar-refractivity contribution in [3.8, 4) is 5.75 Å². The number of carbonyl (C=O) groups excluding carboxylic acids is 1. The molecule has 0 aliphatic heterocycles. The van der Waals surface area contributed by atoms with E-state index in [0.29, 0.717) is 17.3 Å². The van der Waals surface area contributed by atoms with Crippen LogP contribution in [-0.4, -0.2) is 28.6 Å². The fraction of sp³-hybridized carbons (Fsp3) is 0.300. The number of halogens is 1. The maximum Gasteiger partial charge on any atom is 0.257 e. The molecule has 0 atom stereocenters. The first-order valence-corrected chi connectivity index (χ1v) is 9.00. The Morgan fingerprint density at radius 1 is 1.23 bits per heavy atom. The quantitative estimate of drug-likeness (QED) is 0.641. The van der Waals surface area contributed by atoms with Gasteiger partial charge in [-0.3, -0.25) is 4.79 Å². The highest BCUT2D eigenvalue weighted by atomic mass is 35.5. The van der Waals surface area contributed by atoms with Crippen molar-refractivity contribution in [1.29, 1.82) is 0 Å². The number of aryl methyl sites for hydroxylation is 3. The van der Waals surface area contributed by atoms with E-state index in [1.807, 2.05) is 38.1 Å². The molecular formula is C20H22ClN3O2. The first-order valence-electron chi connectivity index (χ1n) is 8.62. The zero-order valence-electron chi connectivity index (χ0n) is 15.0. The Balaban J connectivity index is 1.44. The minimum atomic E-state index is -0.133. The van der Waals surface area contributed by atoms with E-state index < -0.39 is 0 Å². The lowest BCUT2D eigenvalue weighted by atomic mass is 10.2. The van der Waals surface area contributed by atoms with Gasteiger partial charge in [-0.25, -0.2) is 4.98 Å². The highest BCUT2D eigenvalue weighted by molar-refractivity contribution is 6.30. The number of nitrogens with zero attached hydrogens (tertiary/aromatic N) is 2. The predicted octanol–water partition coefficient (Wildman–Crippen LogP) is 3.89. The molecule has 2 aromatic carbocycles.